The second-order valence-electron chi connectivity index (χ2n) is 13.4. The zero-order valence-corrected chi connectivity index (χ0v) is 38.8. The van der Waals surface area contributed by atoms with Crippen molar-refractivity contribution >= 4 is 110 Å². The molecule has 0 aliphatic rings. The van der Waals surface area contributed by atoms with E-state index in [1.165, 1.54) is 42.3 Å². The van der Waals surface area contributed by atoms with Gasteiger partial charge in [-0.15, -0.1) is 15.3 Å². The lowest BCUT2D eigenvalue weighted by Crippen LogP contribution is -2.51. The molecule has 0 radical (unpaired) electrons. The molecule has 372 valence electrons. The van der Waals surface area contributed by atoms with E-state index in [4.69, 9.17) is 41.0 Å². The molecule has 34 heteroatoms. The first kappa shape index (κ1) is 55.5. The molecule has 0 saturated heterocycles. The number of azo groups is 3. The number of nitrogens with two attached hydrogens (primary N) is 3. The Balaban J connectivity index is 1.72. The summed E-state index contributed by atoms with van der Waals surface area (Å²) in [6.07, 6.45) is 0. The van der Waals surface area contributed by atoms with Gasteiger partial charge in [0.15, 0.2) is 19.7 Å². The zero-order chi connectivity index (χ0) is 51.2. The number of anilines is 2. The molecule has 0 saturated carbocycles. The highest BCUT2D eigenvalue weighted by Crippen LogP contribution is 2.49. The molecule has 0 aliphatic heterocycles. The predicted octanol–water partition coefficient (Wildman–Crippen LogP) is 4.44. The van der Waals surface area contributed by atoms with Gasteiger partial charge in [-0.05, 0) is 72.8 Å². The fraction of sp³-hybridized carbons (Fsp3) is 0.229. The van der Waals surface area contributed by atoms with E-state index in [9.17, 15) is 48.4 Å². The van der Waals surface area contributed by atoms with Crippen molar-refractivity contribution in [2.45, 2.75) is 20.2 Å². The average Bonchev–Trinajstić information content (AvgIpc) is 3.27. The van der Waals surface area contributed by atoms with E-state index >= 15 is 0 Å². The maximum atomic E-state index is 12.9. The summed E-state index contributed by atoms with van der Waals surface area (Å²) in [7, 11) is -18.1. The number of aromatic carboxylic acids is 1. The second-order valence-corrected chi connectivity index (χ2v) is 20.7. The molecular weight excluding hydrogens is 1030 g/mol. The number of hydrogen-bond acceptors (Lipinski definition) is 27. The predicted molar refractivity (Wildman–Crippen MR) is 238 cm³/mol. The first-order valence-corrected chi connectivity index (χ1v) is 25.2. The smallest absolute Gasteiger partial charge is 0.397 e. The number of carboxylic acid groups (broad SMARTS) is 1. The fourth-order valence-electron chi connectivity index (χ4n) is 5.21. The van der Waals surface area contributed by atoms with Crippen molar-refractivity contribution in [3.05, 3.63) is 83.9 Å². The van der Waals surface area contributed by atoms with Crippen molar-refractivity contribution < 1.29 is 90.3 Å². The van der Waals surface area contributed by atoms with Gasteiger partial charge < -0.3 is 26.5 Å². The van der Waals surface area contributed by atoms with Gasteiger partial charge in [0.2, 0.25) is 0 Å². The summed E-state index contributed by atoms with van der Waals surface area (Å²) in [5, 5.41) is 52.3. The van der Waals surface area contributed by atoms with Crippen LogP contribution in [-0.4, -0.2) is 120 Å². The van der Waals surface area contributed by atoms with E-state index < -0.39 is 131 Å². The Bertz CT molecular complexity index is 3100. The number of benzene rings is 4. The van der Waals surface area contributed by atoms with E-state index in [2.05, 4.69) is 48.8 Å². The lowest BCUT2D eigenvalue weighted by Gasteiger charge is -2.27. The Hall–Kier alpha value is -6.05. The minimum absolute atomic E-state index is 0.0177. The summed E-state index contributed by atoms with van der Waals surface area (Å²) in [6.45, 7) is -3.52. The van der Waals surface area contributed by atoms with Gasteiger partial charge in [0.05, 0.1) is 75.1 Å². The summed E-state index contributed by atoms with van der Waals surface area (Å²) < 4.78 is 125. The lowest BCUT2D eigenvalue weighted by atomic mass is 9.94. The van der Waals surface area contributed by atoms with Gasteiger partial charge in [0.1, 0.15) is 47.3 Å². The van der Waals surface area contributed by atoms with Gasteiger partial charge in [-0.3, -0.25) is 19.6 Å². The average molecular weight is 1060 g/mol. The molecule has 11 N–H and O–H groups in total. The molecule has 4 rings (SSSR count). The number of carbonyl (C=O) groups excluding carboxylic acids is 1. The maximum Gasteiger partial charge on any atom is 0.397 e. The Morgan fingerprint density at radius 2 is 1.03 bits per heavy atom. The summed E-state index contributed by atoms with van der Waals surface area (Å²) in [5.74, 6) is -1.88. The van der Waals surface area contributed by atoms with Gasteiger partial charge in [-0.25, -0.2) is 44.6 Å². The summed E-state index contributed by atoms with van der Waals surface area (Å²) in [6, 6.07) is 14.7. The summed E-state index contributed by atoms with van der Waals surface area (Å²) >= 11 is 0.756. The van der Waals surface area contributed by atoms with Crippen molar-refractivity contribution in [3.8, 4) is 0 Å². The van der Waals surface area contributed by atoms with E-state index in [-0.39, 0.29) is 32.4 Å². The molecule has 0 amide bonds. The number of rotatable bonds is 26. The van der Waals surface area contributed by atoms with Gasteiger partial charge >= 0.3 is 26.8 Å². The summed E-state index contributed by atoms with van der Waals surface area (Å²) in [5.41, 5.74) is 13.4. The Morgan fingerprint density at radius 1 is 0.623 bits per heavy atom. The molecule has 0 fully saturated rings. The van der Waals surface area contributed by atoms with Crippen LogP contribution in [0, 0.1) is 0 Å². The molecule has 29 nitrogen and oxygen atoms in total. The van der Waals surface area contributed by atoms with Crippen LogP contribution < -0.4 is 17.2 Å². The number of nitrogens with zero attached hydrogens (tertiary/aromatic N) is 6. The summed E-state index contributed by atoms with van der Waals surface area (Å²) in [4.78, 5) is 32.0. The quantitative estimate of drug-likeness (QED) is 0.00819. The zero-order valence-electron chi connectivity index (χ0n) is 34.7. The minimum atomic E-state index is -4.91. The Labute approximate surface area is 395 Å². The first-order valence-electron chi connectivity index (χ1n) is 18.4. The van der Waals surface area contributed by atoms with Crippen LogP contribution in [0.5, 0.6) is 0 Å². The van der Waals surface area contributed by atoms with Crippen LogP contribution in [0.3, 0.4) is 0 Å². The van der Waals surface area contributed by atoms with Crippen LogP contribution in [0.15, 0.2) is 124 Å². The molecule has 1 unspecified atom stereocenters. The minimum Gasteiger partial charge on any atom is -0.478 e. The molecule has 0 spiro atoms. The molecular formula is C35H37N9O20S5. The van der Waals surface area contributed by atoms with Gasteiger partial charge in [-0.2, -0.15) is 32.2 Å². The van der Waals surface area contributed by atoms with Crippen molar-refractivity contribution in [3.63, 3.8) is 0 Å². The number of sulfone groups is 2. The SMILES string of the molecule is Nc1c(N=Nc2ccc(SOCC(N)(COO)C(=C=O)COO)cc2)c(C(=O)O)c(N=Nc2ccc(S(=O)(=O)CCOS(=O)(=O)O)cc2)c(N)c1/N=N\c1ccc(S(=O)(=O)CCOS(=O)(=O)O)cc1. The van der Waals surface area contributed by atoms with Crippen molar-refractivity contribution in [1.29, 1.82) is 0 Å². The second kappa shape index (κ2) is 24.0. The van der Waals surface area contributed by atoms with Crippen molar-refractivity contribution in [1.82, 2.24) is 0 Å². The van der Waals surface area contributed by atoms with Crippen LogP contribution in [0.25, 0.3) is 0 Å². The number of carboxylic acids is 1. The maximum absolute atomic E-state index is 12.9. The van der Waals surface area contributed by atoms with E-state index in [0.717, 1.165) is 48.4 Å². The van der Waals surface area contributed by atoms with E-state index in [1.807, 2.05) is 0 Å². The van der Waals surface area contributed by atoms with Gasteiger partial charge in [-0.1, -0.05) is 0 Å². The normalized spacial score (nSPS) is 13.5. The topological polar surface area (TPSA) is 470 Å². The third-order valence-electron chi connectivity index (χ3n) is 8.63. The molecule has 69 heavy (non-hydrogen) atoms. The lowest BCUT2D eigenvalue weighted by molar-refractivity contribution is -0.257. The van der Waals surface area contributed by atoms with Crippen LogP contribution in [-0.2, 0) is 67.6 Å². The van der Waals surface area contributed by atoms with Crippen molar-refractivity contribution in [2.75, 3.05) is 56.0 Å². The third-order valence-corrected chi connectivity index (χ3v) is 13.6. The fourth-order valence-corrected chi connectivity index (χ4v) is 8.84. The standard InChI is InChI=1S/C35H37N9O20S5/c36-29-31(42-39-22-1-7-25(8-2-22)65-62-20-35(38,19-61-49)21(17-45)18-60-48)28(34(46)47)32(43-40-23-3-9-26(10-4-23)66(50,51)15-13-63-68(54,55)56)30(37)33(29)44-41-24-5-11-27(12-6-24)67(52,53)16-14-64-69(57,58)59/h1-12,48-49H,13-16,18-20,36-38H2,(H,46,47)(H,54,55,56)(H,57,58,59)/b42-39?,43-40?,44-41-. The Kier molecular flexibility index (Phi) is 19.3. The highest BCUT2D eigenvalue weighted by Gasteiger charge is 2.33. The van der Waals surface area contributed by atoms with Crippen LogP contribution >= 0.6 is 12.0 Å². The number of nitrogen functional groups attached to an aromatic ring is 2. The molecule has 0 bridgehead atoms. The highest BCUT2D eigenvalue weighted by atomic mass is 32.3. The van der Waals surface area contributed by atoms with Crippen LogP contribution in [0.1, 0.15) is 10.4 Å². The van der Waals surface area contributed by atoms with Crippen LogP contribution in [0.2, 0.25) is 0 Å². The largest absolute Gasteiger partial charge is 0.478 e. The molecule has 0 heterocycles. The number of hydrogen-bond donors (Lipinski definition) is 8. The third kappa shape index (κ3) is 16.3. The molecule has 1 atom stereocenters. The van der Waals surface area contributed by atoms with E-state index in [0.29, 0.717) is 4.90 Å². The van der Waals surface area contributed by atoms with Crippen LogP contribution in [0.4, 0.5) is 45.5 Å². The highest BCUT2D eigenvalue weighted by molar-refractivity contribution is 7.94. The molecule has 0 aromatic heterocycles. The number of carbonyl (C=O) groups is 1. The monoisotopic (exact) mass is 1060 g/mol. The molecule has 4 aromatic carbocycles. The van der Waals surface area contributed by atoms with E-state index in [1.54, 1.807) is 0 Å². The van der Waals surface area contributed by atoms with Crippen molar-refractivity contribution in [2.24, 2.45) is 36.4 Å². The molecule has 4 aromatic rings. The van der Waals surface area contributed by atoms with Gasteiger partial charge in [0, 0.05) is 16.9 Å². The molecule has 0 aliphatic carbocycles. The first-order chi connectivity index (χ1) is 32.3. The van der Waals surface area contributed by atoms with Gasteiger partial charge in [0.25, 0.3) is 0 Å². The Morgan fingerprint density at radius 3 is 1.39 bits per heavy atom.